The Bertz CT molecular complexity index is 1060. The summed E-state index contributed by atoms with van der Waals surface area (Å²) < 4.78 is 7.29. The van der Waals surface area contributed by atoms with Gasteiger partial charge in [0.15, 0.2) is 0 Å². The number of carbonyl (C=O) groups is 3. The zero-order valence-corrected chi connectivity index (χ0v) is 19.4. The van der Waals surface area contributed by atoms with Gasteiger partial charge in [0.1, 0.15) is 12.3 Å². The van der Waals surface area contributed by atoms with E-state index >= 15 is 0 Å². The molecule has 0 atom stereocenters. The van der Waals surface area contributed by atoms with Gasteiger partial charge in [-0.1, -0.05) is 0 Å². The Morgan fingerprint density at radius 3 is 2.35 bits per heavy atom. The predicted molar refractivity (Wildman–Crippen MR) is 123 cm³/mol. The lowest BCUT2D eigenvalue weighted by Crippen LogP contribution is -2.36. The predicted octanol–water partition coefficient (Wildman–Crippen LogP) is 4.54. The second kappa shape index (κ2) is 8.63. The highest BCUT2D eigenvalue weighted by Gasteiger charge is 2.36. The lowest BCUT2D eigenvalue weighted by Gasteiger charge is -2.25. The molecule has 1 aromatic heterocycles. The van der Waals surface area contributed by atoms with E-state index in [9.17, 15) is 14.4 Å². The number of imide groups is 1. The molecule has 1 aliphatic heterocycles. The number of aromatic nitrogens is 1. The van der Waals surface area contributed by atoms with Gasteiger partial charge in [0.2, 0.25) is 5.91 Å². The van der Waals surface area contributed by atoms with Crippen molar-refractivity contribution in [1.29, 1.82) is 0 Å². The van der Waals surface area contributed by atoms with Crippen LogP contribution in [0.1, 0.15) is 37.7 Å². The SMILES string of the molecule is COc1ccc(NC(=O)CN2C(=O)S/C(=C/c3cc(C)n(C(C)(C)C)c3C)C2=O)cc1. The summed E-state index contributed by atoms with van der Waals surface area (Å²) in [6.45, 7) is 10.0. The number of nitrogens with zero attached hydrogens (tertiary/aromatic N) is 2. The van der Waals surface area contributed by atoms with Gasteiger partial charge in [0.25, 0.3) is 11.1 Å². The molecular weight excluding hydrogens is 414 g/mol. The minimum Gasteiger partial charge on any atom is -0.497 e. The van der Waals surface area contributed by atoms with E-state index in [-0.39, 0.29) is 12.1 Å². The number of nitrogens with one attached hydrogen (secondary N) is 1. The van der Waals surface area contributed by atoms with E-state index in [0.717, 1.165) is 33.6 Å². The van der Waals surface area contributed by atoms with Crippen molar-refractivity contribution in [2.45, 2.75) is 40.2 Å². The Kier molecular flexibility index (Phi) is 6.31. The summed E-state index contributed by atoms with van der Waals surface area (Å²) >= 11 is 0.854. The average molecular weight is 442 g/mol. The van der Waals surface area contributed by atoms with Crippen molar-refractivity contribution < 1.29 is 19.1 Å². The molecule has 1 saturated heterocycles. The van der Waals surface area contributed by atoms with Crippen LogP contribution in [0.5, 0.6) is 5.75 Å². The maximum absolute atomic E-state index is 12.8. The summed E-state index contributed by atoms with van der Waals surface area (Å²) in [6, 6.07) is 8.81. The van der Waals surface area contributed by atoms with Gasteiger partial charge in [-0.15, -0.1) is 0 Å². The molecule has 0 bridgehead atoms. The van der Waals surface area contributed by atoms with Crippen LogP contribution in [0, 0.1) is 13.8 Å². The third-order valence-electron chi connectivity index (χ3n) is 4.98. The molecule has 0 radical (unpaired) electrons. The smallest absolute Gasteiger partial charge is 0.294 e. The van der Waals surface area contributed by atoms with Crippen LogP contribution < -0.4 is 10.1 Å². The summed E-state index contributed by atoms with van der Waals surface area (Å²) in [4.78, 5) is 38.9. The first-order valence-corrected chi connectivity index (χ1v) is 10.7. The topological polar surface area (TPSA) is 80.6 Å². The highest BCUT2D eigenvalue weighted by Crippen LogP contribution is 2.34. The number of thioether (sulfide) groups is 1. The van der Waals surface area contributed by atoms with Gasteiger partial charge in [-0.3, -0.25) is 19.3 Å². The molecule has 1 aromatic carbocycles. The first kappa shape index (κ1) is 22.7. The molecule has 3 amide bonds. The van der Waals surface area contributed by atoms with Crippen LogP contribution >= 0.6 is 11.8 Å². The van der Waals surface area contributed by atoms with Crippen LogP contribution in [0.4, 0.5) is 10.5 Å². The van der Waals surface area contributed by atoms with E-state index in [4.69, 9.17) is 4.74 Å². The van der Waals surface area contributed by atoms with Crippen LogP contribution in [-0.4, -0.2) is 40.2 Å². The molecule has 31 heavy (non-hydrogen) atoms. The van der Waals surface area contributed by atoms with Crippen LogP contribution in [0.2, 0.25) is 0 Å². The van der Waals surface area contributed by atoms with E-state index in [1.165, 1.54) is 0 Å². The van der Waals surface area contributed by atoms with Crippen molar-refractivity contribution in [1.82, 2.24) is 9.47 Å². The van der Waals surface area contributed by atoms with Crippen LogP contribution in [0.25, 0.3) is 6.08 Å². The minimum atomic E-state index is -0.458. The fourth-order valence-electron chi connectivity index (χ4n) is 3.76. The van der Waals surface area contributed by atoms with Gasteiger partial charge < -0.3 is 14.6 Å². The molecule has 0 unspecified atom stereocenters. The van der Waals surface area contributed by atoms with Crippen LogP contribution in [-0.2, 0) is 15.1 Å². The lowest BCUT2D eigenvalue weighted by atomic mass is 10.1. The number of rotatable bonds is 5. The Hall–Kier alpha value is -3.00. The Morgan fingerprint density at radius 1 is 1.16 bits per heavy atom. The van der Waals surface area contributed by atoms with Crippen molar-refractivity contribution in [2.75, 3.05) is 19.0 Å². The van der Waals surface area contributed by atoms with Crippen molar-refractivity contribution in [3.05, 3.63) is 52.2 Å². The Labute approximate surface area is 186 Å². The number of methoxy groups -OCH3 is 1. The van der Waals surface area contributed by atoms with Gasteiger partial charge in [-0.2, -0.15) is 0 Å². The first-order chi connectivity index (χ1) is 14.5. The van der Waals surface area contributed by atoms with Gasteiger partial charge in [-0.25, -0.2) is 0 Å². The molecule has 7 nitrogen and oxygen atoms in total. The molecule has 0 spiro atoms. The summed E-state index contributed by atoms with van der Waals surface area (Å²) in [5, 5.41) is 2.24. The molecule has 0 aliphatic carbocycles. The Morgan fingerprint density at radius 2 is 1.81 bits per heavy atom. The summed E-state index contributed by atoms with van der Waals surface area (Å²) in [5.74, 6) is -0.236. The summed E-state index contributed by atoms with van der Waals surface area (Å²) in [5.41, 5.74) is 3.45. The number of carbonyl (C=O) groups excluding carboxylic acids is 3. The van der Waals surface area contributed by atoms with Crippen molar-refractivity contribution in [3.8, 4) is 5.75 Å². The molecule has 2 aromatic rings. The van der Waals surface area contributed by atoms with Gasteiger partial charge in [-0.05, 0) is 88.4 Å². The molecule has 3 rings (SSSR count). The standard InChI is InChI=1S/C23H27N3O4S/c1-14-11-16(15(2)26(14)23(3,4)5)12-19-21(28)25(22(29)31-19)13-20(27)24-17-7-9-18(30-6)10-8-17/h7-12H,13H2,1-6H3,(H,24,27)/b19-12+. The Balaban J connectivity index is 1.74. The molecular formula is C23H27N3O4S. The second-order valence-electron chi connectivity index (χ2n) is 8.38. The highest BCUT2D eigenvalue weighted by atomic mass is 32.2. The van der Waals surface area contributed by atoms with Gasteiger partial charge >= 0.3 is 0 Å². The zero-order chi connectivity index (χ0) is 22.9. The fourth-order valence-corrected chi connectivity index (χ4v) is 4.59. The molecule has 2 heterocycles. The zero-order valence-electron chi connectivity index (χ0n) is 18.6. The highest BCUT2D eigenvalue weighted by molar-refractivity contribution is 8.18. The van der Waals surface area contributed by atoms with E-state index in [0.29, 0.717) is 16.3 Å². The average Bonchev–Trinajstić information content (AvgIpc) is 3.11. The largest absolute Gasteiger partial charge is 0.497 e. The lowest BCUT2D eigenvalue weighted by molar-refractivity contribution is -0.127. The van der Waals surface area contributed by atoms with E-state index in [1.54, 1.807) is 37.5 Å². The summed E-state index contributed by atoms with van der Waals surface area (Å²) in [7, 11) is 1.56. The number of hydrogen-bond acceptors (Lipinski definition) is 5. The minimum absolute atomic E-state index is 0.0981. The molecule has 1 N–H and O–H groups in total. The van der Waals surface area contributed by atoms with E-state index < -0.39 is 17.1 Å². The molecule has 8 heteroatoms. The molecule has 0 saturated carbocycles. The number of benzene rings is 1. The number of amides is 3. The quantitative estimate of drug-likeness (QED) is 0.689. The normalized spacial score (nSPS) is 15.7. The monoisotopic (exact) mass is 441 g/mol. The maximum Gasteiger partial charge on any atom is 0.294 e. The number of ether oxygens (including phenoxy) is 1. The first-order valence-electron chi connectivity index (χ1n) is 9.90. The molecule has 1 fully saturated rings. The third-order valence-corrected chi connectivity index (χ3v) is 5.88. The van der Waals surface area contributed by atoms with Crippen LogP contribution in [0.15, 0.2) is 35.2 Å². The number of aryl methyl sites for hydroxylation is 1. The summed E-state index contributed by atoms with van der Waals surface area (Å²) in [6.07, 6.45) is 1.73. The van der Waals surface area contributed by atoms with Crippen molar-refractivity contribution >= 4 is 40.6 Å². The number of anilines is 1. The van der Waals surface area contributed by atoms with E-state index in [2.05, 4.69) is 30.7 Å². The van der Waals surface area contributed by atoms with Crippen molar-refractivity contribution in [3.63, 3.8) is 0 Å². The van der Waals surface area contributed by atoms with Crippen molar-refractivity contribution in [2.24, 2.45) is 0 Å². The van der Waals surface area contributed by atoms with Gasteiger partial charge in [0, 0.05) is 22.6 Å². The number of hydrogen-bond donors (Lipinski definition) is 1. The van der Waals surface area contributed by atoms with Gasteiger partial charge in [0.05, 0.1) is 12.0 Å². The third kappa shape index (κ3) is 4.85. The van der Waals surface area contributed by atoms with Crippen LogP contribution in [0.3, 0.4) is 0 Å². The van der Waals surface area contributed by atoms with E-state index in [1.807, 2.05) is 19.9 Å². The second-order valence-corrected chi connectivity index (χ2v) is 9.37. The maximum atomic E-state index is 12.8. The molecule has 1 aliphatic rings. The molecule has 164 valence electrons. The fraction of sp³-hybridized carbons (Fsp3) is 0.348.